The van der Waals surface area contributed by atoms with Crippen LogP contribution < -0.4 is 5.73 Å². The molecule has 0 unspecified atom stereocenters. The van der Waals surface area contributed by atoms with E-state index in [2.05, 4.69) is 36.4 Å². The van der Waals surface area contributed by atoms with Crippen LogP contribution in [0.4, 0.5) is 5.82 Å². The molecule has 0 fully saturated rings. The van der Waals surface area contributed by atoms with Crippen LogP contribution in [-0.4, -0.2) is 9.55 Å². The number of hydrogen-bond donors (Lipinski definition) is 1. The van der Waals surface area contributed by atoms with E-state index in [1.165, 1.54) is 0 Å². The van der Waals surface area contributed by atoms with Gasteiger partial charge >= 0.3 is 0 Å². The van der Waals surface area contributed by atoms with Gasteiger partial charge in [0.25, 0.3) is 0 Å². The average molecular weight is 320 g/mol. The lowest BCUT2D eigenvalue weighted by atomic mass is 10.1. The van der Waals surface area contributed by atoms with Gasteiger partial charge < -0.3 is 10.3 Å². The summed E-state index contributed by atoms with van der Waals surface area (Å²) in [5, 5.41) is 0. The number of benzene rings is 1. The summed E-state index contributed by atoms with van der Waals surface area (Å²) in [7, 11) is 0. The highest BCUT2D eigenvalue weighted by Crippen LogP contribution is 2.33. The summed E-state index contributed by atoms with van der Waals surface area (Å²) in [4.78, 5) is 4.72. The predicted octanol–water partition coefficient (Wildman–Crippen LogP) is 4.20. The fourth-order valence-corrected chi connectivity index (χ4v) is 2.57. The third-order valence-corrected chi connectivity index (χ3v) is 3.68. The Bertz CT molecular complexity index is 599. The molecular weight excluding hydrogens is 302 g/mol. The van der Waals surface area contributed by atoms with Crippen LogP contribution in [-0.2, 0) is 6.54 Å². The zero-order chi connectivity index (χ0) is 14.0. The Hall–Kier alpha value is -1.55. The molecule has 1 heterocycles. The molecule has 0 spiro atoms. The van der Waals surface area contributed by atoms with Crippen molar-refractivity contribution in [2.24, 2.45) is 0 Å². The van der Waals surface area contributed by atoms with Crippen LogP contribution in [0.5, 0.6) is 0 Å². The summed E-state index contributed by atoms with van der Waals surface area (Å²) in [6, 6.07) is 7.98. The number of hydrogen-bond acceptors (Lipinski definition) is 2. The minimum atomic E-state index is 0.318. The number of nitrogens with zero attached hydrogens (tertiary/aromatic N) is 2. The molecule has 3 nitrogen and oxygen atoms in total. The quantitative estimate of drug-likeness (QED) is 0.858. The van der Waals surface area contributed by atoms with E-state index in [0.717, 1.165) is 21.6 Å². The molecule has 0 aliphatic rings. The van der Waals surface area contributed by atoms with Gasteiger partial charge in [0, 0.05) is 22.5 Å². The molecule has 0 atom stereocenters. The van der Waals surface area contributed by atoms with E-state index >= 15 is 0 Å². The summed E-state index contributed by atoms with van der Waals surface area (Å²) >= 11 is 3.55. The van der Waals surface area contributed by atoms with Gasteiger partial charge in [-0.2, -0.15) is 0 Å². The van der Waals surface area contributed by atoms with Crippen LogP contribution in [0.2, 0.25) is 0 Å². The number of anilines is 1. The highest BCUT2D eigenvalue weighted by Gasteiger charge is 2.18. The lowest BCUT2D eigenvalue weighted by molar-refractivity contribution is 0.684. The largest absolute Gasteiger partial charge is 0.383 e. The molecule has 0 radical (unpaired) electrons. The minimum Gasteiger partial charge on any atom is -0.383 e. The molecule has 0 amide bonds. The van der Waals surface area contributed by atoms with Gasteiger partial charge in [0.2, 0.25) is 0 Å². The second kappa shape index (κ2) is 5.61. The maximum absolute atomic E-state index is 6.26. The number of nitrogen functional groups attached to an aromatic ring is 1. The molecule has 100 valence electrons. The maximum atomic E-state index is 6.26. The smallest absolute Gasteiger partial charge is 0.132 e. The molecule has 2 rings (SSSR count). The van der Waals surface area contributed by atoms with Crippen molar-refractivity contribution in [2.45, 2.75) is 26.3 Å². The van der Waals surface area contributed by atoms with Crippen LogP contribution >= 0.6 is 15.9 Å². The van der Waals surface area contributed by atoms with Gasteiger partial charge in [0.1, 0.15) is 17.3 Å². The molecule has 2 N–H and O–H groups in total. The molecule has 0 saturated carbocycles. The van der Waals surface area contributed by atoms with Gasteiger partial charge in [-0.15, -0.1) is 6.58 Å². The summed E-state index contributed by atoms with van der Waals surface area (Å²) in [6.07, 6.45) is 1.84. The molecule has 4 heteroatoms. The molecule has 0 aliphatic carbocycles. The van der Waals surface area contributed by atoms with Crippen molar-refractivity contribution >= 4 is 21.7 Å². The van der Waals surface area contributed by atoms with E-state index in [0.29, 0.717) is 18.3 Å². The fraction of sp³-hybridized carbons (Fsp3) is 0.267. The van der Waals surface area contributed by atoms with Gasteiger partial charge in [-0.1, -0.05) is 54.1 Å². The van der Waals surface area contributed by atoms with E-state index in [1.807, 2.05) is 34.9 Å². The first-order valence-electron chi connectivity index (χ1n) is 6.28. The average Bonchev–Trinajstić information content (AvgIpc) is 2.69. The summed E-state index contributed by atoms with van der Waals surface area (Å²) in [5.41, 5.74) is 8.11. The highest BCUT2D eigenvalue weighted by molar-refractivity contribution is 9.10. The second-order valence-corrected chi connectivity index (χ2v) is 5.59. The Morgan fingerprint density at radius 1 is 1.42 bits per heavy atom. The Morgan fingerprint density at radius 3 is 2.68 bits per heavy atom. The first-order chi connectivity index (χ1) is 9.06. The zero-order valence-electron chi connectivity index (χ0n) is 11.2. The number of nitrogens with two attached hydrogens (primary N) is 1. The van der Waals surface area contributed by atoms with Crippen molar-refractivity contribution < 1.29 is 0 Å². The lowest BCUT2D eigenvalue weighted by Crippen LogP contribution is -2.07. The Balaban J connectivity index is 2.62. The standard InChI is InChI=1S/C15H18BrN3/c1-4-9-19-14(17)13(18-15(19)10(2)3)11-7-5-6-8-12(11)16/h4-8,10H,1,9,17H2,2-3H3. The maximum Gasteiger partial charge on any atom is 0.132 e. The third-order valence-electron chi connectivity index (χ3n) is 2.99. The normalized spacial score (nSPS) is 10.9. The highest BCUT2D eigenvalue weighted by atomic mass is 79.9. The zero-order valence-corrected chi connectivity index (χ0v) is 12.8. The molecule has 0 aliphatic heterocycles. The summed E-state index contributed by atoms with van der Waals surface area (Å²) < 4.78 is 3.02. The Morgan fingerprint density at radius 2 is 2.11 bits per heavy atom. The Labute approximate surface area is 122 Å². The van der Waals surface area contributed by atoms with Gasteiger partial charge in [-0.3, -0.25) is 0 Å². The molecule has 0 bridgehead atoms. The van der Waals surface area contributed by atoms with Crippen LogP contribution in [0.1, 0.15) is 25.6 Å². The molecule has 1 aromatic heterocycles. The van der Waals surface area contributed by atoms with Crippen molar-refractivity contribution in [3.8, 4) is 11.3 Å². The number of rotatable bonds is 4. The van der Waals surface area contributed by atoms with E-state index in [9.17, 15) is 0 Å². The minimum absolute atomic E-state index is 0.318. The molecular formula is C15H18BrN3. The summed E-state index contributed by atoms with van der Waals surface area (Å²) in [5.74, 6) is 2.00. The van der Waals surface area contributed by atoms with Crippen molar-refractivity contribution in [2.75, 3.05) is 5.73 Å². The van der Waals surface area contributed by atoms with E-state index in [-0.39, 0.29) is 0 Å². The van der Waals surface area contributed by atoms with E-state index < -0.39 is 0 Å². The molecule has 19 heavy (non-hydrogen) atoms. The lowest BCUT2D eigenvalue weighted by Gasteiger charge is -2.09. The molecule has 2 aromatic rings. The summed E-state index contributed by atoms with van der Waals surface area (Å²) in [6.45, 7) is 8.69. The van der Waals surface area contributed by atoms with Gasteiger partial charge in [-0.05, 0) is 6.07 Å². The first-order valence-corrected chi connectivity index (χ1v) is 7.07. The molecule has 0 saturated heterocycles. The van der Waals surface area contributed by atoms with Gasteiger partial charge in [0.15, 0.2) is 0 Å². The monoisotopic (exact) mass is 319 g/mol. The topological polar surface area (TPSA) is 43.8 Å². The number of halogens is 1. The van der Waals surface area contributed by atoms with Crippen molar-refractivity contribution in [3.05, 3.63) is 47.2 Å². The number of allylic oxidation sites excluding steroid dienone is 1. The fourth-order valence-electron chi connectivity index (χ4n) is 2.10. The SMILES string of the molecule is C=CCn1c(C(C)C)nc(-c2ccccc2Br)c1N. The van der Waals surface area contributed by atoms with E-state index in [4.69, 9.17) is 10.7 Å². The van der Waals surface area contributed by atoms with Crippen LogP contribution in [0, 0.1) is 0 Å². The van der Waals surface area contributed by atoms with Gasteiger partial charge in [-0.25, -0.2) is 4.98 Å². The van der Waals surface area contributed by atoms with Crippen LogP contribution in [0.15, 0.2) is 41.4 Å². The van der Waals surface area contributed by atoms with Crippen molar-refractivity contribution in [1.82, 2.24) is 9.55 Å². The third kappa shape index (κ3) is 2.59. The second-order valence-electron chi connectivity index (χ2n) is 4.74. The van der Waals surface area contributed by atoms with Gasteiger partial charge in [0.05, 0.1) is 0 Å². The molecule has 1 aromatic carbocycles. The van der Waals surface area contributed by atoms with Crippen molar-refractivity contribution in [3.63, 3.8) is 0 Å². The number of imidazole rings is 1. The van der Waals surface area contributed by atoms with Crippen molar-refractivity contribution in [1.29, 1.82) is 0 Å². The van der Waals surface area contributed by atoms with Crippen LogP contribution in [0.25, 0.3) is 11.3 Å². The Kier molecular flexibility index (Phi) is 4.10. The van der Waals surface area contributed by atoms with Crippen LogP contribution in [0.3, 0.4) is 0 Å². The number of aromatic nitrogens is 2. The first kappa shape index (κ1) is 13.9. The predicted molar refractivity (Wildman–Crippen MR) is 84.1 cm³/mol. The van der Waals surface area contributed by atoms with E-state index in [1.54, 1.807) is 0 Å².